The molecular formula is C25H28N2O3S. The van der Waals surface area contributed by atoms with Gasteiger partial charge < -0.3 is 5.32 Å². The standard InChI is InChI=1S/C25H28N2O3S/c1-5-19-11-9-12-20(6-2)24(19)26-25(28)21-15-14-18(4)23(16-21)31(29,30)27-22-13-8-7-10-17(22)3/h7-16,27H,5-6H2,1-4H3,(H,26,28). The predicted molar refractivity (Wildman–Crippen MR) is 126 cm³/mol. The van der Waals surface area contributed by atoms with E-state index in [0.29, 0.717) is 16.8 Å². The normalized spacial score (nSPS) is 11.2. The van der Waals surface area contributed by atoms with Gasteiger partial charge in [0.1, 0.15) is 0 Å². The van der Waals surface area contributed by atoms with Gasteiger partial charge in [-0.05, 0) is 67.1 Å². The van der Waals surface area contributed by atoms with Crippen LogP contribution in [-0.4, -0.2) is 14.3 Å². The van der Waals surface area contributed by atoms with Gasteiger partial charge in [-0.3, -0.25) is 9.52 Å². The van der Waals surface area contributed by atoms with Crippen LogP contribution in [0.5, 0.6) is 0 Å². The fourth-order valence-corrected chi connectivity index (χ4v) is 4.91. The van der Waals surface area contributed by atoms with Crippen LogP contribution in [0.15, 0.2) is 65.6 Å². The number of amides is 1. The van der Waals surface area contributed by atoms with Crippen molar-refractivity contribution in [3.63, 3.8) is 0 Å². The summed E-state index contributed by atoms with van der Waals surface area (Å²) in [6.45, 7) is 7.64. The monoisotopic (exact) mass is 436 g/mol. The summed E-state index contributed by atoms with van der Waals surface area (Å²) in [4.78, 5) is 13.1. The SMILES string of the molecule is CCc1cccc(CC)c1NC(=O)c1ccc(C)c(S(=O)(=O)Nc2ccccc2C)c1. The van der Waals surface area contributed by atoms with Crippen molar-refractivity contribution < 1.29 is 13.2 Å². The van der Waals surface area contributed by atoms with Crippen molar-refractivity contribution in [2.45, 2.75) is 45.4 Å². The Balaban J connectivity index is 1.94. The second-order valence-corrected chi connectivity index (χ2v) is 9.16. The molecule has 3 aromatic carbocycles. The molecule has 0 spiro atoms. The minimum absolute atomic E-state index is 0.0860. The van der Waals surface area contributed by atoms with Gasteiger partial charge in [0.15, 0.2) is 0 Å². The molecule has 0 unspecified atom stereocenters. The summed E-state index contributed by atoms with van der Waals surface area (Å²) in [7, 11) is -3.85. The Morgan fingerprint density at radius 2 is 1.48 bits per heavy atom. The Labute approximate surface area is 184 Å². The van der Waals surface area contributed by atoms with Gasteiger partial charge in [-0.2, -0.15) is 0 Å². The lowest BCUT2D eigenvalue weighted by molar-refractivity contribution is 0.102. The number of hydrogen-bond acceptors (Lipinski definition) is 3. The van der Waals surface area contributed by atoms with Crippen LogP contribution in [0.25, 0.3) is 0 Å². The van der Waals surface area contributed by atoms with Crippen LogP contribution in [0.3, 0.4) is 0 Å². The third kappa shape index (κ3) is 4.97. The Kier molecular flexibility index (Phi) is 6.81. The van der Waals surface area contributed by atoms with Gasteiger partial charge in [-0.1, -0.05) is 56.3 Å². The van der Waals surface area contributed by atoms with Crippen LogP contribution in [-0.2, 0) is 22.9 Å². The molecule has 0 heterocycles. The average Bonchev–Trinajstić information content (AvgIpc) is 2.75. The van der Waals surface area contributed by atoms with Crippen molar-refractivity contribution in [3.05, 3.63) is 88.5 Å². The molecule has 0 saturated carbocycles. The first-order valence-electron chi connectivity index (χ1n) is 10.4. The largest absolute Gasteiger partial charge is 0.321 e. The molecule has 6 heteroatoms. The molecule has 31 heavy (non-hydrogen) atoms. The molecule has 0 atom stereocenters. The van der Waals surface area contributed by atoms with E-state index in [1.165, 1.54) is 6.07 Å². The van der Waals surface area contributed by atoms with Gasteiger partial charge >= 0.3 is 0 Å². The average molecular weight is 437 g/mol. The van der Waals surface area contributed by atoms with E-state index in [9.17, 15) is 13.2 Å². The van der Waals surface area contributed by atoms with Crippen molar-refractivity contribution in [1.82, 2.24) is 0 Å². The first kappa shape index (κ1) is 22.6. The maximum Gasteiger partial charge on any atom is 0.262 e. The van der Waals surface area contributed by atoms with Gasteiger partial charge in [-0.25, -0.2) is 8.42 Å². The number of anilines is 2. The molecule has 1 amide bonds. The highest BCUT2D eigenvalue weighted by molar-refractivity contribution is 7.92. The zero-order valence-electron chi connectivity index (χ0n) is 18.3. The molecule has 0 aliphatic carbocycles. The molecule has 162 valence electrons. The molecule has 0 fully saturated rings. The third-order valence-corrected chi connectivity index (χ3v) is 6.87. The summed E-state index contributed by atoms with van der Waals surface area (Å²) in [6, 6.07) is 17.9. The van der Waals surface area contributed by atoms with Crippen LogP contribution in [0.1, 0.15) is 46.5 Å². The number of hydrogen-bond donors (Lipinski definition) is 2. The van der Waals surface area contributed by atoms with Crippen LogP contribution < -0.4 is 10.0 Å². The molecule has 0 aliphatic heterocycles. The number of benzene rings is 3. The van der Waals surface area contributed by atoms with E-state index < -0.39 is 10.0 Å². The highest BCUT2D eigenvalue weighted by Gasteiger charge is 2.21. The Hall–Kier alpha value is -3.12. The number of para-hydroxylation sites is 2. The highest BCUT2D eigenvalue weighted by Crippen LogP contribution is 2.26. The van der Waals surface area contributed by atoms with E-state index in [2.05, 4.69) is 10.0 Å². The van der Waals surface area contributed by atoms with E-state index in [1.54, 1.807) is 31.2 Å². The number of aryl methyl sites for hydroxylation is 4. The smallest absolute Gasteiger partial charge is 0.262 e. The molecule has 0 radical (unpaired) electrons. The number of carbonyl (C=O) groups is 1. The van der Waals surface area contributed by atoms with E-state index in [1.807, 2.05) is 51.1 Å². The quantitative estimate of drug-likeness (QED) is 0.515. The number of sulfonamides is 1. The predicted octanol–water partition coefficient (Wildman–Crippen LogP) is 5.48. The summed E-state index contributed by atoms with van der Waals surface area (Å²) in [5, 5.41) is 3.00. The first-order chi connectivity index (χ1) is 14.8. The molecule has 0 aliphatic rings. The van der Waals surface area contributed by atoms with Crippen molar-refractivity contribution in [3.8, 4) is 0 Å². The van der Waals surface area contributed by atoms with Gasteiger partial charge in [0.05, 0.1) is 10.6 Å². The minimum atomic E-state index is -3.85. The lowest BCUT2D eigenvalue weighted by Gasteiger charge is -2.16. The Morgan fingerprint density at radius 1 is 0.839 bits per heavy atom. The summed E-state index contributed by atoms with van der Waals surface area (Å²) in [5.74, 6) is -0.331. The van der Waals surface area contributed by atoms with Crippen LogP contribution >= 0.6 is 0 Å². The fraction of sp³-hybridized carbons (Fsp3) is 0.240. The maximum absolute atomic E-state index is 13.1. The first-order valence-corrected chi connectivity index (χ1v) is 11.9. The summed E-state index contributed by atoms with van der Waals surface area (Å²) in [5.41, 5.74) is 5.11. The molecule has 2 N–H and O–H groups in total. The number of rotatable bonds is 7. The lowest BCUT2D eigenvalue weighted by atomic mass is 10.0. The van der Waals surface area contributed by atoms with Crippen LogP contribution in [0.4, 0.5) is 11.4 Å². The second kappa shape index (κ2) is 9.35. The van der Waals surface area contributed by atoms with Crippen molar-refractivity contribution in [1.29, 1.82) is 0 Å². The third-order valence-electron chi connectivity index (χ3n) is 5.37. The van der Waals surface area contributed by atoms with Gasteiger partial charge in [-0.15, -0.1) is 0 Å². The van der Waals surface area contributed by atoms with E-state index >= 15 is 0 Å². The van der Waals surface area contributed by atoms with Crippen LogP contribution in [0, 0.1) is 13.8 Å². The van der Waals surface area contributed by atoms with E-state index in [0.717, 1.165) is 35.2 Å². The molecule has 3 aromatic rings. The van der Waals surface area contributed by atoms with Crippen molar-refractivity contribution in [2.24, 2.45) is 0 Å². The molecule has 0 aromatic heterocycles. The Morgan fingerprint density at radius 3 is 2.10 bits per heavy atom. The van der Waals surface area contributed by atoms with Gasteiger partial charge in [0.25, 0.3) is 15.9 Å². The van der Waals surface area contributed by atoms with Crippen molar-refractivity contribution >= 4 is 27.3 Å². The maximum atomic E-state index is 13.1. The fourth-order valence-electron chi connectivity index (χ4n) is 3.51. The van der Waals surface area contributed by atoms with Crippen molar-refractivity contribution in [2.75, 3.05) is 10.0 Å². The topological polar surface area (TPSA) is 75.3 Å². The molecule has 5 nitrogen and oxygen atoms in total. The van der Waals surface area contributed by atoms with E-state index in [-0.39, 0.29) is 10.8 Å². The minimum Gasteiger partial charge on any atom is -0.321 e. The molecular weight excluding hydrogens is 408 g/mol. The number of carbonyl (C=O) groups excluding carboxylic acids is 1. The molecule has 3 rings (SSSR count). The second-order valence-electron chi connectivity index (χ2n) is 7.51. The Bertz CT molecular complexity index is 1190. The summed E-state index contributed by atoms with van der Waals surface area (Å²) >= 11 is 0. The van der Waals surface area contributed by atoms with E-state index in [4.69, 9.17) is 0 Å². The highest BCUT2D eigenvalue weighted by atomic mass is 32.2. The lowest BCUT2D eigenvalue weighted by Crippen LogP contribution is -2.18. The zero-order valence-corrected chi connectivity index (χ0v) is 19.1. The summed E-state index contributed by atoms with van der Waals surface area (Å²) < 4.78 is 28.8. The number of nitrogens with one attached hydrogen (secondary N) is 2. The van der Waals surface area contributed by atoms with Crippen LogP contribution in [0.2, 0.25) is 0 Å². The molecule has 0 saturated heterocycles. The van der Waals surface area contributed by atoms with Gasteiger partial charge in [0.2, 0.25) is 0 Å². The van der Waals surface area contributed by atoms with Gasteiger partial charge in [0, 0.05) is 11.3 Å². The summed E-state index contributed by atoms with van der Waals surface area (Å²) in [6.07, 6.45) is 1.58. The zero-order chi connectivity index (χ0) is 22.6. The molecule has 0 bridgehead atoms.